The van der Waals surface area contributed by atoms with Crippen LogP contribution in [0.2, 0.25) is 0 Å². The van der Waals surface area contributed by atoms with Crippen molar-refractivity contribution < 1.29 is 14.4 Å². The van der Waals surface area contributed by atoms with Gasteiger partial charge in [-0.05, 0) is 38.2 Å². The Balaban J connectivity index is 1.53. The van der Waals surface area contributed by atoms with E-state index in [4.69, 9.17) is 0 Å². The van der Waals surface area contributed by atoms with Gasteiger partial charge < -0.3 is 10.2 Å². The van der Waals surface area contributed by atoms with E-state index in [-0.39, 0.29) is 30.4 Å². The van der Waals surface area contributed by atoms with Crippen molar-refractivity contribution in [1.82, 2.24) is 15.1 Å². The molecule has 1 atom stereocenters. The van der Waals surface area contributed by atoms with Crippen molar-refractivity contribution >= 4 is 17.8 Å². The second kappa shape index (κ2) is 8.78. The molecule has 3 fully saturated rings. The summed E-state index contributed by atoms with van der Waals surface area (Å²) in [5.41, 5.74) is -0.395. The molecule has 4 rings (SSSR count). The zero-order valence-corrected chi connectivity index (χ0v) is 17.9. The number of nitrogens with one attached hydrogen (secondary N) is 1. The Bertz CT molecular complexity index is 766. The number of rotatable bonds is 5. The topological polar surface area (TPSA) is 69.7 Å². The average molecular weight is 412 g/mol. The van der Waals surface area contributed by atoms with Crippen molar-refractivity contribution in [3.63, 3.8) is 0 Å². The molecule has 2 aliphatic carbocycles. The van der Waals surface area contributed by atoms with Gasteiger partial charge in [0, 0.05) is 12.1 Å². The van der Waals surface area contributed by atoms with Gasteiger partial charge in [-0.3, -0.25) is 14.5 Å². The maximum absolute atomic E-state index is 13.5. The molecule has 162 valence electrons. The summed E-state index contributed by atoms with van der Waals surface area (Å²) in [6, 6.07) is 9.25. The Kier molecular flexibility index (Phi) is 6.11. The molecule has 6 nitrogen and oxygen atoms in total. The number of nitrogens with zero attached hydrogens (tertiary/aromatic N) is 2. The van der Waals surface area contributed by atoms with Gasteiger partial charge in [-0.25, -0.2) is 4.79 Å². The van der Waals surface area contributed by atoms with Crippen molar-refractivity contribution in [2.75, 3.05) is 6.54 Å². The lowest BCUT2D eigenvalue weighted by molar-refractivity contribution is -0.143. The quantitative estimate of drug-likeness (QED) is 0.746. The predicted octanol–water partition coefficient (Wildman–Crippen LogP) is 3.95. The molecule has 4 amide bonds. The Hall–Kier alpha value is -2.37. The highest BCUT2D eigenvalue weighted by atomic mass is 16.2. The van der Waals surface area contributed by atoms with Crippen LogP contribution in [0.5, 0.6) is 0 Å². The molecule has 0 spiro atoms. The summed E-state index contributed by atoms with van der Waals surface area (Å²) >= 11 is 0. The number of amides is 4. The van der Waals surface area contributed by atoms with Gasteiger partial charge in [0.15, 0.2) is 0 Å². The lowest BCUT2D eigenvalue weighted by Gasteiger charge is -2.42. The molecule has 0 bridgehead atoms. The number of carbonyl (C=O) groups excluding carboxylic acids is 3. The largest absolute Gasteiger partial charge is 0.335 e. The molecule has 1 aliphatic heterocycles. The summed E-state index contributed by atoms with van der Waals surface area (Å²) in [4.78, 5) is 42.6. The van der Waals surface area contributed by atoms with Gasteiger partial charge in [-0.2, -0.15) is 0 Å². The van der Waals surface area contributed by atoms with Crippen LogP contribution in [0.4, 0.5) is 4.79 Å². The molecule has 6 heteroatoms. The van der Waals surface area contributed by atoms with Gasteiger partial charge in [0.05, 0.1) is 0 Å². The number of urea groups is 1. The van der Waals surface area contributed by atoms with Crippen LogP contribution in [0, 0.1) is 0 Å². The number of hydrogen-bond acceptors (Lipinski definition) is 3. The van der Waals surface area contributed by atoms with Gasteiger partial charge in [0.25, 0.3) is 5.91 Å². The maximum Gasteiger partial charge on any atom is 0.325 e. The fourth-order valence-corrected chi connectivity index (χ4v) is 5.45. The third-order valence-electron chi connectivity index (χ3n) is 7.14. The van der Waals surface area contributed by atoms with Crippen molar-refractivity contribution in [2.45, 2.75) is 88.8 Å². The average Bonchev–Trinajstić information content (AvgIpc) is 3.00. The van der Waals surface area contributed by atoms with E-state index in [0.29, 0.717) is 0 Å². The van der Waals surface area contributed by atoms with E-state index >= 15 is 0 Å². The number of hydrogen-bond donors (Lipinski definition) is 1. The molecule has 2 saturated carbocycles. The van der Waals surface area contributed by atoms with Gasteiger partial charge in [0.2, 0.25) is 5.91 Å². The van der Waals surface area contributed by atoms with Crippen molar-refractivity contribution in [3.05, 3.63) is 35.9 Å². The second-order valence-electron chi connectivity index (χ2n) is 9.20. The van der Waals surface area contributed by atoms with Crippen LogP contribution in [0.25, 0.3) is 0 Å². The van der Waals surface area contributed by atoms with E-state index in [2.05, 4.69) is 10.2 Å². The highest BCUT2D eigenvalue weighted by Gasteiger charge is 2.50. The molecule has 0 unspecified atom stereocenters. The molecule has 0 aromatic heterocycles. The second-order valence-corrected chi connectivity index (χ2v) is 9.20. The van der Waals surface area contributed by atoms with Crippen LogP contribution < -0.4 is 5.32 Å². The standard InChI is InChI=1S/C24H33N3O3/c1-24(18-11-5-2-6-12-18)22(29)26(23(30)25-24)17-21(28)27(19-13-7-3-8-14-19)20-15-9-4-10-16-20/h2,5-6,11-12,19-20H,3-4,7-10,13-17H2,1H3,(H,25,30)/t24-/m0/s1. The van der Waals surface area contributed by atoms with E-state index in [1.807, 2.05) is 30.3 Å². The highest BCUT2D eigenvalue weighted by Crippen LogP contribution is 2.32. The van der Waals surface area contributed by atoms with E-state index in [9.17, 15) is 14.4 Å². The zero-order valence-electron chi connectivity index (χ0n) is 17.9. The molecule has 1 N–H and O–H groups in total. The molecule has 1 saturated heterocycles. The monoisotopic (exact) mass is 411 g/mol. The van der Waals surface area contributed by atoms with Gasteiger partial charge in [-0.15, -0.1) is 0 Å². The first kappa shape index (κ1) is 20.9. The van der Waals surface area contributed by atoms with E-state index in [0.717, 1.165) is 61.8 Å². The van der Waals surface area contributed by atoms with Gasteiger partial charge in [0.1, 0.15) is 12.1 Å². The first-order chi connectivity index (χ1) is 14.5. The summed E-state index contributed by atoms with van der Waals surface area (Å²) in [5, 5.41) is 2.82. The van der Waals surface area contributed by atoms with Crippen LogP contribution in [-0.4, -0.2) is 46.3 Å². The summed E-state index contributed by atoms with van der Waals surface area (Å²) < 4.78 is 0. The normalized spacial score (nSPS) is 26.0. The van der Waals surface area contributed by atoms with E-state index in [1.165, 1.54) is 12.8 Å². The van der Waals surface area contributed by atoms with Crippen LogP contribution in [0.1, 0.15) is 76.7 Å². The SMILES string of the molecule is C[C@@]1(c2ccccc2)NC(=O)N(CC(=O)N(C2CCCCC2)C2CCCCC2)C1=O. The minimum atomic E-state index is -1.13. The Morgan fingerprint density at radius 1 is 0.967 bits per heavy atom. The Morgan fingerprint density at radius 2 is 1.50 bits per heavy atom. The summed E-state index contributed by atoms with van der Waals surface area (Å²) in [7, 11) is 0. The highest BCUT2D eigenvalue weighted by molar-refractivity contribution is 6.09. The predicted molar refractivity (Wildman–Crippen MR) is 115 cm³/mol. The molecule has 1 heterocycles. The van der Waals surface area contributed by atoms with Crippen LogP contribution in [0.3, 0.4) is 0 Å². The van der Waals surface area contributed by atoms with Crippen LogP contribution in [0.15, 0.2) is 30.3 Å². The number of imide groups is 1. The summed E-state index contributed by atoms with van der Waals surface area (Å²) in [6.45, 7) is 1.55. The molecular formula is C24H33N3O3. The molecule has 0 radical (unpaired) electrons. The van der Waals surface area contributed by atoms with Gasteiger partial charge >= 0.3 is 6.03 Å². The maximum atomic E-state index is 13.5. The Labute approximate surface area is 179 Å². The minimum Gasteiger partial charge on any atom is -0.335 e. The zero-order chi connectivity index (χ0) is 21.1. The van der Waals surface area contributed by atoms with Crippen molar-refractivity contribution in [3.8, 4) is 0 Å². The molecular weight excluding hydrogens is 378 g/mol. The fourth-order valence-electron chi connectivity index (χ4n) is 5.45. The van der Waals surface area contributed by atoms with Crippen LogP contribution >= 0.6 is 0 Å². The number of benzene rings is 1. The van der Waals surface area contributed by atoms with Crippen molar-refractivity contribution in [1.29, 1.82) is 0 Å². The number of carbonyl (C=O) groups is 3. The summed E-state index contributed by atoms with van der Waals surface area (Å²) in [5.74, 6) is -0.422. The lowest BCUT2D eigenvalue weighted by atomic mass is 9.88. The Morgan fingerprint density at radius 3 is 2.03 bits per heavy atom. The first-order valence-electron chi connectivity index (χ1n) is 11.5. The third-order valence-corrected chi connectivity index (χ3v) is 7.14. The smallest absolute Gasteiger partial charge is 0.325 e. The van der Waals surface area contributed by atoms with Crippen LogP contribution in [-0.2, 0) is 15.1 Å². The molecule has 3 aliphatic rings. The molecule has 30 heavy (non-hydrogen) atoms. The van der Waals surface area contributed by atoms with E-state index < -0.39 is 11.6 Å². The fraction of sp³-hybridized carbons (Fsp3) is 0.625. The molecule has 1 aromatic rings. The lowest BCUT2D eigenvalue weighted by Crippen LogP contribution is -2.53. The van der Waals surface area contributed by atoms with Crippen molar-refractivity contribution in [2.24, 2.45) is 0 Å². The van der Waals surface area contributed by atoms with Gasteiger partial charge in [-0.1, -0.05) is 68.9 Å². The van der Waals surface area contributed by atoms with E-state index in [1.54, 1.807) is 6.92 Å². The first-order valence-corrected chi connectivity index (χ1v) is 11.5. The minimum absolute atomic E-state index is 0.0744. The summed E-state index contributed by atoms with van der Waals surface area (Å²) in [6.07, 6.45) is 11.2. The third kappa shape index (κ3) is 3.96. The molecule has 1 aromatic carbocycles.